The number of nitrogens with zero attached hydrogens (tertiary/aromatic N) is 1. The number of carbonyl (C=O) groups excluding carboxylic acids is 1. The lowest BCUT2D eigenvalue weighted by Gasteiger charge is -2.36. The molecule has 118 valence electrons. The van der Waals surface area contributed by atoms with E-state index >= 15 is 0 Å². The highest BCUT2D eigenvalue weighted by molar-refractivity contribution is 5.73. The van der Waals surface area contributed by atoms with Gasteiger partial charge in [0.25, 0.3) is 0 Å². The summed E-state index contributed by atoms with van der Waals surface area (Å²) in [5, 5.41) is 5.62. The monoisotopic (exact) mass is 295 g/mol. The Hall–Kier alpha value is -1.56. The molecule has 1 aromatic rings. The van der Waals surface area contributed by atoms with Crippen molar-refractivity contribution in [2.45, 2.75) is 64.7 Å². The van der Waals surface area contributed by atoms with Gasteiger partial charge in [0.1, 0.15) is 6.26 Å². The van der Waals surface area contributed by atoms with Crippen LogP contribution in [0, 0.1) is 0 Å². The minimum atomic E-state index is -0.206. The van der Waals surface area contributed by atoms with E-state index in [1.54, 1.807) is 6.26 Å². The highest BCUT2D eigenvalue weighted by Crippen LogP contribution is 2.27. The molecule has 1 aliphatic heterocycles. The third-order valence-corrected chi connectivity index (χ3v) is 3.61. The fourth-order valence-corrected chi connectivity index (χ4v) is 2.50. The Morgan fingerprint density at radius 3 is 2.95 bits per heavy atom. The molecule has 0 bridgehead atoms. The van der Waals surface area contributed by atoms with Crippen LogP contribution in [-0.4, -0.2) is 29.3 Å². The Labute approximate surface area is 125 Å². The van der Waals surface area contributed by atoms with Gasteiger partial charge in [0.05, 0.1) is 23.9 Å². The molecule has 2 amide bonds. The van der Waals surface area contributed by atoms with Crippen LogP contribution in [0.25, 0.3) is 0 Å². The molecule has 0 aliphatic carbocycles. The van der Waals surface area contributed by atoms with Crippen molar-refractivity contribution in [3.05, 3.63) is 17.8 Å². The van der Waals surface area contributed by atoms with E-state index in [2.05, 4.69) is 29.5 Å². The average Bonchev–Trinajstić information content (AvgIpc) is 2.90. The van der Waals surface area contributed by atoms with Crippen molar-refractivity contribution in [3.8, 4) is 0 Å². The molecule has 1 fully saturated rings. The molecular formula is C15H25N3O3. The van der Waals surface area contributed by atoms with Crippen LogP contribution in [0.15, 0.2) is 10.7 Å². The lowest BCUT2D eigenvalue weighted by Crippen LogP contribution is -2.44. The second-order valence-electron chi connectivity index (χ2n) is 6.04. The third-order valence-electron chi connectivity index (χ3n) is 3.61. The zero-order chi connectivity index (χ0) is 15.3. The first-order valence-corrected chi connectivity index (χ1v) is 7.61. The molecule has 0 aromatic carbocycles. The molecule has 2 heterocycles. The third kappa shape index (κ3) is 5.04. The largest absolute Gasteiger partial charge is 0.449 e. The Morgan fingerprint density at radius 1 is 1.48 bits per heavy atom. The number of aromatic nitrogens is 1. The number of amides is 2. The normalized spacial score (nSPS) is 21.0. The van der Waals surface area contributed by atoms with Crippen LogP contribution < -0.4 is 10.6 Å². The highest BCUT2D eigenvalue weighted by Gasteiger charge is 2.28. The Morgan fingerprint density at radius 2 is 2.29 bits per heavy atom. The second-order valence-corrected chi connectivity index (χ2v) is 6.04. The molecule has 1 saturated heterocycles. The summed E-state index contributed by atoms with van der Waals surface area (Å²) in [6.07, 6.45) is 5.62. The van der Waals surface area contributed by atoms with Crippen LogP contribution in [0.1, 0.15) is 51.6 Å². The molecule has 6 nitrogen and oxygen atoms in total. The minimum Gasteiger partial charge on any atom is -0.449 e. The molecule has 2 rings (SSSR count). The first-order valence-electron chi connectivity index (χ1n) is 7.61. The van der Waals surface area contributed by atoms with Gasteiger partial charge in [-0.25, -0.2) is 9.78 Å². The van der Waals surface area contributed by atoms with Gasteiger partial charge < -0.3 is 19.8 Å². The Kier molecular flexibility index (Phi) is 5.22. The number of hydrogen-bond donors (Lipinski definition) is 2. The minimum absolute atomic E-state index is 0.0850. The number of urea groups is 1. The number of carbonyl (C=O) groups is 1. The van der Waals surface area contributed by atoms with E-state index in [-0.39, 0.29) is 17.7 Å². The van der Waals surface area contributed by atoms with Crippen molar-refractivity contribution in [2.24, 2.45) is 0 Å². The van der Waals surface area contributed by atoms with Gasteiger partial charge in [-0.2, -0.15) is 0 Å². The summed E-state index contributed by atoms with van der Waals surface area (Å²) in [6.45, 7) is 7.06. The molecule has 21 heavy (non-hydrogen) atoms. The van der Waals surface area contributed by atoms with Gasteiger partial charge in [0.15, 0.2) is 5.89 Å². The van der Waals surface area contributed by atoms with E-state index < -0.39 is 0 Å². The number of oxazole rings is 1. The molecule has 6 heteroatoms. The van der Waals surface area contributed by atoms with Gasteiger partial charge in [-0.15, -0.1) is 0 Å². The number of ether oxygens (including phenoxy) is 1. The Balaban J connectivity index is 1.67. The second kappa shape index (κ2) is 6.93. The van der Waals surface area contributed by atoms with Gasteiger partial charge in [-0.3, -0.25) is 0 Å². The zero-order valence-corrected chi connectivity index (χ0v) is 13.1. The first kappa shape index (κ1) is 15.8. The SMILES string of the molecule is CCc1nc(CNC(=O)NCC2CCCC(C)(C)O2)co1. The summed E-state index contributed by atoms with van der Waals surface area (Å²) in [5.74, 6) is 0.685. The van der Waals surface area contributed by atoms with Gasteiger partial charge in [0, 0.05) is 13.0 Å². The van der Waals surface area contributed by atoms with E-state index in [0.29, 0.717) is 19.0 Å². The molecule has 1 unspecified atom stereocenters. The fourth-order valence-electron chi connectivity index (χ4n) is 2.50. The van der Waals surface area contributed by atoms with Crippen LogP contribution in [0.2, 0.25) is 0 Å². The zero-order valence-electron chi connectivity index (χ0n) is 13.1. The quantitative estimate of drug-likeness (QED) is 0.874. The van der Waals surface area contributed by atoms with E-state index in [4.69, 9.17) is 9.15 Å². The smallest absolute Gasteiger partial charge is 0.315 e. The average molecular weight is 295 g/mol. The maximum Gasteiger partial charge on any atom is 0.315 e. The maximum atomic E-state index is 11.8. The van der Waals surface area contributed by atoms with Crippen LogP contribution in [-0.2, 0) is 17.7 Å². The summed E-state index contributed by atoms with van der Waals surface area (Å²) in [6, 6.07) is -0.206. The number of aryl methyl sites for hydroxylation is 1. The van der Waals surface area contributed by atoms with Crippen LogP contribution in [0.3, 0.4) is 0 Å². The summed E-state index contributed by atoms with van der Waals surface area (Å²) in [7, 11) is 0. The van der Waals surface area contributed by atoms with E-state index in [1.807, 2.05) is 6.92 Å². The van der Waals surface area contributed by atoms with Gasteiger partial charge >= 0.3 is 6.03 Å². The number of nitrogens with one attached hydrogen (secondary N) is 2. The topological polar surface area (TPSA) is 76.4 Å². The van der Waals surface area contributed by atoms with E-state index in [0.717, 1.165) is 31.4 Å². The van der Waals surface area contributed by atoms with E-state index in [9.17, 15) is 4.79 Å². The van der Waals surface area contributed by atoms with Crippen molar-refractivity contribution in [1.29, 1.82) is 0 Å². The summed E-state index contributed by atoms with van der Waals surface area (Å²) in [4.78, 5) is 16.0. The summed E-state index contributed by atoms with van der Waals surface area (Å²) < 4.78 is 11.2. The van der Waals surface area contributed by atoms with E-state index in [1.165, 1.54) is 0 Å². The number of hydrogen-bond acceptors (Lipinski definition) is 4. The predicted molar refractivity (Wildman–Crippen MR) is 78.9 cm³/mol. The van der Waals surface area contributed by atoms with Crippen LogP contribution in [0.5, 0.6) is 0 Å². The Bertz CT molecular complexity index is 470. The van der Waals surface area contributed by atoms with Crippen molar-refractivity contribution < 1.29 is 13.9 Å². The standard InChI is InChI=1S/C15H25N3O3/c1-4-13-18-11(10-20-13)8-16-14(19)17-9-12-6-5-7-15(2,3)21-12/h10,12H,4-9H2,1-3H3,(H2,16,17,19). The summed E-state index contributed by atoms with van der Waals surface area (Å²) >= 11 is 0. The molecule has 0 saturated carbocycles. The van der Waals surface area contributed by atoms with Crippen molar-refractivity contribution in [1.82, 2.24) is 15.6 Å². The molecule has 0 spiro atoms. The van der Waals surface area contributed by atoms with Gasteiger partial charge in [-0.1, -0.05) is 6.92 Å². The lowest BCUT2D eigenvalue weighted by atomic mass is 9.95. The molecular weight excluding hydrogens is 270 g/mol. The van der Waals surface area contributed by atoms with Gasteiger partial charge in [-0.05, 0) is 33.1 Å². The predicted octanol–water partition coefficient (Wildman–Crippen LogP) is 2.38. The molecule has 1 aromatic heterocycles. The van der Waals surface area contributed by atoms with Gasteiger partial charge in [0.2, 0.25) is 0 Å². The van der Waals surface area contributed by atoms with Crippen molar-refractivity contribution in [2.75, 3.05) is 6.54 Å². The summed E-state index contributed by atoms with van der Waals surface area (Å²) in [5.41, 5.74) is 0.648. The maximum absolute atomic E-state index is 11.8. The number of rotatable bonds is 5. The molecule has 0 radical (unpaired) electrons. The molecule has 1 aliphatic rings. The van der Waals surface area contributed by atoms with Crippen molar-refractivity contribution in [3.63, 3.8) is 0 Å². The van der Waals surface area contributed by atoms with Crippen LogP contribution >= 0.6 is 0 Å². The fraction of sp³-hybridized carbons (Fsp3) is 0.733. The molecule has 1 atom stereocenters. The van der Waals surface area contributed by atoms with Crippen LogP contribution in [0.4, 0.5) is 4.79 Å². The lowest BCUT2D eigenvalue weighted by molar-refractivity contribution is -0.103. The highest BCUT2D eigenvalue weighted by atomic mass is 16.5. The first-order chi connectivity index (χ1) is 9.98. The molecule has 2 N–H and O–H groups in total. The van der Waals surface area contributed by atoms with Crippen molar-refractivity contribution >= 4 is 6.03 Å².